The number of hydrogen-bond donors (Lipinski definition) is 2. The van der Waals surface area contributed by atoms with Crippen LogP contribution in [0.3, 0.4) is 0 Å². The van der Waals surface area contributed by atoms with Crippen LogP contribution in [-0.4, -0.2) is 30.3 Å². The first kappa shape index (κ1) is 21.2. The highest BCUT2D eigenvalue weighted by Gasteiger charge is 2.24. The fourth-order valence-electron chi connectivity index (χ4n) is 3.44. The zero-order valence-electron chi connectivity index (χ0n) is 17.0. The Balaban J connectivity index is 1.86. The second-order valence-electron chi connectivity index (χ2n) is 7.95. The number of benzene rings is 1. The van der Waals surface area contributed by atoms with E-state index in [9.17, 15) is 4.79 Å². The third kappa shape index (κ3) is 5.10. The number of carbonyl (C=O) groups is 1. The van der Waals surface area contributed by atoms with Gasteiger partial charge in [-0.3, -0.25) is 5.32 Å². The van der Waals surface area contributed by atoms with Gasteiger partial charge in [-0.2, -0.15) is 0 Å². The van der Waals surface area contributed by atoms with Crippen LogP contribution in [-0.2, 0) is 11.3 Å². The molecule has 7 nitrogen and oxygen atoms in total. The minimum Gasteiger partial charge on any atom is -0.490 e. The Morgan fingerprint density at radius 3 is 2.83 bits per heavy atom. The van der Waals surface area contributed by atoms with Gasteiger partial charge in [-0.05, 0) is 37.0 Å². The number of fused-ring (bicyclic) bond motifs is 3. The third-order valence-corrected chi connectivity index (χ3v) is 4.84. The molecular formula is C21H26ClN3O4. The van der Waals surface area contributed by atoms with Crippen molar-refractivity contribution < 1.29 is 19.0 Å². The predicted molar refractivity (Wildman–Crippen MR) is 113 cm³/mol. The summed E-state index contributed by atoms with van der Waals surface area (Å²) >= 11 is 6.48. The first-order valence-corrected chi connectivity index (χ1v) is 9.78. The van der Waals surface area contributed by atoms with Crippen molar-refractivity contribution in [1.29, 1.82) is 0 Å². The van der Waals surface area contributed by atoms with Gasteiger partial charge in [-0.1, -0.05) is 25.4 Å². The molecule has 29 heavy (non-hydrogen) atoms. The molecule has 2 heterocycles. The van der Waals surface area contributed by atoms with Crippen LogP contribution in [0.5, 0.6) is 11.5 Å². The molecule has 3 N–H and O–H groups in total. The van der Waals surface area contributed by atoms with Gasteiger partial charge in [-0.25, -0.2) is 9.78 Å². The smallest absolute Gasteiger partial charge is 0.412 e. The lowest BCUT2D eigenvalue weighted by molar-refractivity contribution is 0.187. The molecule has 2 aromatic rings. The molecule has 156 valence electrons. The molecule has 0 saturated heterocycles. The van der Waals surface area contributed by atoms with E-state index in [1.807, 2.05) is 6.92 Å². The number of pyridine rings is 1. The number of carbonyl (C=O) groups excluding carboxylic acids is 1. The number of rotatable bonds is 6. The van der Waals surface area contributed by atoms with E-state index in [1.54, 1.807) is 24.4 Å². The van der Waals surface area contributed by atoms with Crippen molar-refractivity contribution in [2.45, 2.75) is 39.3 Å². The Kier molecular flexibility index (Phi) is 6.19. The Hall–Kier alpha value is -2.51. The summed E-state index contributed by atoms with van der Waals surface area (Å²) in [5.41, 5.74) is 8.45. The van der Waals surface area contributed by atoms with Crippen molar-refractivity contribution in [3.63, 3.8) is 0 Å². The zero-order chi connectivity index (χ0) is 21.2. The van der Waals surface area contributed by atoms with Crippen LogP contribution >= 0.6 is 11.6 Å². The van der Waals surface area contributed by atoms with Crippen LogP contribution in [0, 0.1) is 5.92 Å². The molecule has 1 aliphatic heterocycles. The Labute approximate surface area is 175 Å². The van der Waals surface area contributed by atoms with E-state index in [0.29, 0.717) is 41.5 Å². The van der Waals surface area contributed by atoms with E-state index in [0.717, 1.165) is 23.1 Å². The molecule has 1 amide bonds. The average molecular weight is 420 g/mol. The van der Waals surface area contributed by atoms with Gasteiger partial charge in [0.1, 0.15) is 30.5 Å². The molecular weight excluding hydrogens is 394 g/mol. The monoisotopic (exact) mass is 419 g/mol. The van der Waals surface area contributed by atoms with Gasteiger partial charge >= 0.3 is 6.09 Å². The molecule has 0 spiro atoms. The largest absolute Gasteiger partial charge is 0.490 e. The number of ether oxygens (including phenoxy) is 3. The summed E-state index contributed by atoms with van der Waals surface area (Å²) in [7, 11) is 1.30. The molecule has 0 fully saturated rings. The molecule has 1 aliphatic rings. The van der Waals surface area contributed by atoms with E-state index in [1.165, 1.54) is 7.11 Å². The predicted octanol–water partition coefficient (Wildman–Crippen LogP) is 4.62. The highest BCUT2D eigenvalue weighted by Crippen LogP contribution is 2.43. The summed E-state index contributed by atoms with van der Waals surface area (Å²) in [4.78, 5) is 15.7. The summed E-state index contributed by atoms with van der Waals surface area (Å²) in [5, 5.41) is 3.02. The number of nitrogens with zero attached hydrogens (tertiary/aromatic N) is 1. The van der Waals surface area contributed by atoms with Crippen LogP contribution in [0.4, 0.5) is 10.6 Å². The Bertz CT molecular complexity index is 915. The lowest BCUT2D eigenvalue weighted by Gasteiger charge is -2.27. The van der Waals surface area contributed by atoms with Crippen LogP contribution in [0.1, 0.15) is 32.8 Å². The number of methoxy groups -OCH3 is 1. The highest BCUT2D eigenvalue weighted by atomic mass is 35.5. The third-order valence-electron chi connectivity index (χ3n) is 4.54. The van der Waals surface area contributed by atoms with Gasteiger partial charge in [0.15, 0.2) is 0 Å². The van der Waals surface area contributed by atoms with E-state index >= 15 is 0 Å². The fraction of sp³-hybridized carbons (Fsp3) is 0.429. The van der Waals surface area contributed by atoms with Gasteiger partial charge in [0.25, 0.3) is 0 Å². The molecule has 1 atom stereocenters. The van der Waals surface area contributed by atoms with Crippen LogP contribution in [0.15, 0.2) is 24.4 Å². The number of nitrogens with two attached hydrogens (primary N) is 1. The van der Waals surface area contributed by atoms with Crippen molar-refractivity contribution in [2.75, 3.05) is 19.0 Å². The van der Waals surface area contributed by atoms with Crippen molar-refractivity contribution in [1.82, 2.24) is 4.98 Å². The molecule has 0 aliphatic carbocycles. The number of anilines is 1. The maximum atomic E-state index is 11.5. The molecule has 0 bridgehead atoms. The molecule has 0 radical (unpaired) electrons. The molecule has 1 aromatic heterocycles. The summed E-state index contributed by atoms with van der Waals surface area (Å²) in [6, 6.07) is 5.34. The normalized spacial score (nSPS) is 14.3. The van der Waals surface area contributed by atoms with Crippen molar-refractivity contribution in [2.24, 2.45) is 11.7 Å². The maximum Gasteiger partial charge on any atom is 0.412 e. The second-order valence-corrected chi connectivity index (χ2v) is 8.36. The Morgan fingerprint density at radius 1 is 1.38 bits per heavy atom. The summed E-state index contributed by atoms with van der Waals surface area (Å²) in [6.45, 7) is 6.92. The van der Waals surface area contributed by atoms with Gasteiger partial charge in [0.2, 0.25) is 0 Å². The highest BCUT2D eigenvalue weighted by molar-refractivity contribution is 6.32. The molecule has 8 heteroatoms. The number of aromatic nitrogens is 1. The maximum absolute atomic E-state index is 11.5. The topological polar surface area (TPSA) is 95.7 Å². The number of hydrogen-bond acceptors (Lipinski definition) is 6. The standard InChI is InChI=1S/C21H26ClN3O4/c1-12(2)8-21(3,23)11-29-18-7-17-15(5-16(18)22)14-6-19(25-20(26)27-4)24-9-13(14)10-28-17/h5-7,9,12H,8,10-11,23H2,1-4H3,(H,24,25,26). The van der Waals surface area contributed by atoms with Crippen LogP contribution in [0.25, 0.3) is 11.1 Å². The van der Waals surface area contributed by atoms with Gasteiger partial charge in [-0.15, -0.1) is 0 Å². The summed E-state index contributed by atoms with van der Waals surface area (Å²) in [6.07, 6.45) is 1.91. The zero-order valence-corrected chi connectivity index (χ0v) is 17.8. The number of amides is 1. The minimum absolute atomic E-state index is 0.345. The van der Waals surface area contributed by atoms with E-state index in [-0.39, 0.29) is 0 Å². The summed E-state index contributed by atoms with van der Waals surface area (Å²) in [5.74, 6) is 2.02. The molecule has 1 unspecified atom stereocenters. The molecule has 0 saturated carbocycles. The van der Waals surface area contributed by atoms with Crippen molar-refractivity contribution in [3.8, 4) is 22.6 Å². The van der Waals surface area contributed by atoms with E-state index in [2.05, 4.69) is 28.9 Å². The molecule has 3 rings (SSSR count). The average Bonchev–Trinajstić information content (AvgIpc) is 2.65. The second kappa shape index (κ2) is 8.47. The molecule has 1 aromatic carbocycles. The lowest BCUT2D eigenvalue weighted by atomic mass is 9.93. The first-order chi connectivity index (χ1) is 13.7. The minimum atomic E-state index is -0.585. The van der Waals surface area contributed by atoms with Crippen LogP contribution in [0.2, 0.25) is 5.02 Å². The van der Waals surface area contributed by atoms with E-state index < -0.39 is 11.6 Å². The van der Waals surface area contributed by atoms with Crippen molar-refractivity contribution in [3.05, 3.63) is 35.0 Å². The summed E-state index contributed by atoms with van der Waals surface area (Å²) < 4.78 is 16.4. The quantitative estimate of drug-likeness (QED) is 0.709. The first-order valence-electron chi connectivity index (χ1n) is 9.41. The van der Waals surface area contributed by atoms with Gasteiger partial charge in [0.05, 0.1) is 12.1 Å². The SMILES string of the molecule is COC(=O)Nc1cc2c(cn1)COc1cc(OCC(C)(N)CC(C)C)c(Cl)cc1-2. The van der Waals surface area contributed by atoms with Gasteiger partial charge in [0, 0.05) is 28.9 Å². The fourth-order valence-corrected chi connectivity index (χ4v) is 3.66. The Morgan fingerprint density at radius 2 is 2.14 bits per heavy atom. The van der Waals surface area contributed by atoms with E-state index in [4.69, 9.17) is 26.8 Å². The van der Waals surface area contributed by atoms with Crippen molar-refractivity contribution >= 4 is 23.5 Å². The van der Waals surface area contributed by atoms with Crippen LogP contribution < -0.4 is 20.5 Å². The lowest BCUT2D eigenvalue weighted by Crippen LogP contribution is -2.43. The van der Waals surface area contributed by atoms with Gasteiger partial charge < -0.3 is 19.9 Å². The number of nitrogens with one attached hydrogen (secondary N) is 1. The number of halogens is 1.